The Labute approximate surface area is 195 Å². The first kappa shape index (κ1) is 21.4. The van der Waals surface area contributed by atoms with E-state index in [1.807, 2.05) is 65.6 Å². The quantitative estimate of drug-likeness (QED) is 0.413. The van der Waals surface area contributed by atoms with E-state index in [1.54, 1.807) is 18.2 Å². The highest BCUT2D eigenvalue weighted by Crippen LogP contribution is 2.38. The molecule has 7 heteroatoms. The van der Waals surface area contributed by atoms with Gasteiger partial charge in [-0.1, -0.05) is 102 Å². The van der Waals surface area contributed by atoms with Crippen molar-refractivity contribution >= 4 is 52.3 Å². The number of nitrogens with zero attached hydrogens (tertiary/aromatic N) is 2. The van der Waals surface area contributed by atoms with E-state index in [0.29, 0.717) is 13.1 Å². The zero-order valence-corrected chi connectivity index (χ0v) is 18.5. The van der Waals surface area contributed by atoms with Gasteiger partial charge in [0.25, 0.3) is 11.8 Å². The molecule has 0 radical (unpaired) electrons. The number of benzene rings is 3. The summed E-state index contributed by atoms with van der Waals surface area (Å²) in [6.07, 6.45) is 0. The Balaban J connectivity index is 1.73. The molecule has 31 heavy (non-hydrogen) atoms. The van der Waals surface area contributed by atoms with Crippen molar-refractivity contribution in [1.29, 1.82) is 0 Å². The molecule has 0 unspecified atom stereocenters. The van der Waals surface area contributed by atoms with Crippen molar-refractivity contribution in [2.24, 2.45) is 0 Å². The monoisotopic (exact) mass is 470 g/mol. The van der Waals surface area contributed by atoms with Crippen molar-refractivity contribution in [3.8, 4) is 0 Å². The van der Waals surface area contributed by atoms with Crippen LogP contribution in [-0.4, -0.2) is 16.7 Å². The average Bonchev–Trinajstić information content (AvgIpc) is 2.99. The molecule has 3 aromatic rings. The molecule has 1 heterocycles. The highest BCUT2D eigenvalue weighted by molar-refractivity contribution is 6.54. The molecule has 1 aliphatic heterocycles. The molecule has 4 nitrogen and oxygen atoms in total. The SMILES string of the molecule is O=C1C(Cl)=C(N(Cc2ccccc2)Cc2ccccc2)C(=O)N1c1cccc(Cl)c1Cl. The molecule has 0 fully saturated rings. The van der Waals surface area contributed by atoms with E-state index in [2.05, 4.69) is 0 Å². The number of rotatable bonds is 6. The van der Waals surface area contributed by atoms with E-state index in [4.69, 9.17) is 34.8 Å². The van der Waals surface area contributed by atoms with Crippen molar-refractivity contribution in [3.63, 3.8) is 0 Å². The van der Waals surface area contributed by atoms with E-state index in [0.717, 1.165) is 16.0 Å². The fraction of sp³-hybridized carbons (Fsp3) is 0.0833. The number of carbonyl (C=O) groups excluding carboxylic acids is 2. The zero-order chi connectivity index (χ0) is 22.0. The summed E-state index contributed by atoms with van der Waals surface area (Å²) in [4.78, 5) is 29.2. The lowest BCUT2D eigenvalue weighted by molar-refractivity contribution is -0.121. The van der Waals surface area contributed by atoms with Gasteiger partial charge < -0.3 is 4.90 Å². The second kappa shape index (κ2) is 9.15. The van der Waals surface area contributed by atoms with Crippen LogP contribution in [0.5, 0.6) is 0 Å². The Morgan fingerprint density at radius 1 is 0.677 bits per heavy atom. The van der Waals surface area contributed by atoms with Gasteiger partial charge in [0.2, 0.25) is 0 Å². The summed E-state index contributed by atoms with van der Waals surface area (Å²) in [6, 6.07) is 24.1. The van der Waals surface area contributed by atoms with Crippen molar-refractivity contribution < 1.29 is 9.59 Å². The second-order valence-electron chi connectivity index (χ2n) is 7.01. The summed E-state index contributed by atoms with van der Waals surface area (Å²) < 4.78 is 0. The minimum atomic E-state index is -0.628. The fourth-order valence-electron chi connectivity index (χ4n) is 3.47. The summed E-state index contributed by atoms with van der Waals surface area (Å²) in [5.41, 5.74) is 2.30. The van der Waals surface area contributed by atoms with Gasteiger partial charge >= 0.3 is 0 Å². The highest BCUT2D eigenvalue weighted by Gasteiger charge is 2.42. The van der Waals surface area contributed by atoms with Crippen molar-refractivity contribution in [2.45, 2.75) is 13.1 Å². The molecule has 1 aliphatic rings. The lowest BCUT2D eigenvalue weighted by atomic mass is 10.1. The summed E-state index contributed by atoms with van der Waals surface area (Å²) in [5, 5.41) is 0.219. The van der Waals surface area contributed by atoms with Gasteiger partial charge in [0.05, 0.1) is 15.7 Å². The Bertz CT molecular complexity index is 1120. The van der Waals surface area contributed by atoms with E-state index in [9.17, 15) is 9.59 Å². The van der Waals surface area contributed by atoms with Crippen LogP contribution in [-0.2, 0) is 22.7 Å². The van der Waals surface area contributed by atoms with Gasteiger partial charge in [-0.2, -0.15) is 0 Å². The predicted molar refractivity (Wildman–Crippen MR) is 124 cm³/mol. The minimum absolute atomic E-state index is 0.120. The third-order valence-corrected chi connectivity index (χ3v) is 6.07. The Kier molecular flexibility index (Phi) is 6.33. The van der Waals surface area contributed by atoms with Crippen LogP contribution in [0.1, 0.15) is 11.1 Å². The summed E-state index contributed by atoms with van der Waals surface area (Å²) in [5.74, 6) is -1.16. The average molecular weight is 472 g/mol. The minimum Gasteiger partial charge on any atom is -0.357 e. The Hall–Kier alpha value is -2.79. The van der Waals surface area contributed by atoms with Crippen LogP contribution in [0.25, 0.3) is 0 Å². The Morgan fingerprint density at radius 2 is 1.23 bits per heavy atom. The van der Waals surface area contributed by atoms with Gasteiger partial charge in [-0.05, 0) is 23.3 Å². The van der Waals surface area contributed by atoms with Crippen LogP contribution in [0, 0.1) is 0 Å². The Morgan fingerprint density at radius 3 is 1.77 bits per heavy atom. The van der Waals surface area contributed by atoms with Crippen LogP contribution >= 0.6 is 34.8 Å². The number of anilines is 1. The zero-order valence-electron chi connectivity index (χ0n) is 16.3. The molecule has 0 aliphatic carbocycles. The summed E-state index contributed by atoms with van der Waals surface area (Å²) in [6.45, 7) is 0.800. The smallest absolute Gasteiger partial charge is 0.283 e. The molecule has 0 aromatic heterocycles. The largest absolute Gasteiger partial charge is 0.357 e. The molecule has 0 saturated heterocycles. The van der Waals surface area contributed by atoms with Gasteiger partial charge in [0, 0.05) is 13.1 Å². The van der Waals surface area contributed by atoms with Crippen LogP contribution in [0.4, 0.5) is 5.69 Å². The van der Waals surface area contributed by atoms with Gasteiger partial charge in [0.15, 0.2) is 0 Å². The van der Waals surface area contributed by atoms with Crippen LogP contribution in [0.2, 0.25) is 10.0 Å². The molecule has 4 rings (SSSR count). The lowest BCUT2D eigenvalue weighted by Crippen LogP contribution is -2.35. The molecule has 0 spiro atoms. The predicted octanol–water partition coefficient (Wildman–Crippen LogP) is 6.02. The first-order valence-corrected chi connectivity index (χ1v) is 10.7. The molecular formula is C24H17Cl3N2O2. The number of amides is 2. The third-order valence-electron chi connectivity index (χ3n) is 4.93. The van der Waals surface area contributed by atoms with Gasteiger partial charge in [-0.25, -0.2) is 4.90 Å². The van der Waals surface area contributed by atoms with Gasteiger partial charge in [-0.3, -0.25) is 9.59 Å². The molecule has 0 bridgehead atoms. The first-order valence-electron chi connectivity index (χ1n) is 9.52. The number of imide groups is 1. The van der Waals surface area contributed by atoms with Crippen LogP contribution < -0.4 is 4.90 Å². The van der Waals surface area contributed by atoms with Crippen molar-refractivity contribution in [3.05, 3.63) is 111 Å². The van der Waals surface area contributed by atoms with Gasteiger partial charge in [0.1, 0.15) is 10.7 Å². The molecule has 3 aromatic carbocycles. The number of hydrogen-bond donors (Lipinski definition) is 0. The van der Waals surface area contributed by atoms with E-state index >= 15 is 0 Å². The number of carbonyl (C=O) groups is 2. The van der Waals surface area contributed by atoms with Crippen LogP contribution in [0.3, 0.4) is 0 Å². The molecule has 0 N–H and O–H groups in total. The topological polar surface area (TPSA) is 40.6 Å². The van der Waals surface area contributed by atoms with Crippen LogP contribution in [0.15, 0.2) is 89.6 Å². The third kappa shape index (κ3) is 4.33. The van der Waals surface area contributed by atoms with E-state index in [-0.39, 0.29) is 26.5 Å². The summed E-state index contributed by atoms with van der Waals surface area (Å²) in [7, 11) is 0. The standard InChI is InChI=1S/C24H17Cl3N2O2/c25-18-12-7-13-19(20(18)26)29-23(30)21(27)22(24(29)31)28(14-16-8-3-1-4-9-16)15-17-10-5-2-6-11-17/h1-13H,14-15H2. The molecule has 0 saturated carbocycles. The number of halogens is 3. The van der Waals surface area contributed by atoms with Crippen molar-refractivity contribution in [1.82, 2.24) is 4.90 Å². The molecular weight excluding hydrogens is 455 g/mol. The fourth-order valence-corrected chi connectivity index (χ4v) is 4.14. The molecule has 156 valence electrons. The molecule has 2 amide bonds. The summed E-state index contributed by atoms with van der Waals surface area (Å²) >= 11 is 18.8. The maximum absolute atomic E-state index is 13.4. The highest BCUT2D eigenvalue weighted by atomic mass is 35.5. The maximum atomic E-state index is 13.4. The van der Waals surface area contributed by atoms with E-state index < -0.39 is 11.8 Å². The van der Waals surface area contributed by atoms with Gasteiger partial charge in [-0.15, -0.1) is 0 Å². The first-order chi connectivity index (χ1) is 15.0. The molecule has 0 atom stereocenters. The number of hydrogen-bond acceptors (Lipinski definition) is 3. The van der Waals surface area contributed by atoms with E-state index in [1.165, 1.54) is 0 Å². The normalized spacial score (nSPS) is 13.8. The maximum Gasteiger partial charge on any atom is 0.283 e. The second-order valence-corrected chi connectivity index (χ2v) is 8.17. The van der Waals surface area contributed by atoms with Crippen molar-refractivity contribution in [2.75, 3.05) is 4.90 Å². The lowest BCUT2D eigenvalue weighted by Gasteiger charge is -2.26.